The molecule has 2 amide bonds. The van der Waals surface area contributed by atoms with Crippen LogP contribution in [0.1, 0.15) is 19.3 Å². The van der Waals surface area contributed by atoms with E-state index in [1.165, 1.54) is 22.7 Å². The molecule has 0 aliphatic carbocycles. The number of hydrogen-bond donors (Lipinski definition) is 1. The van der Waals surface area contributed by atoms with Crippen LogP contribution in [0.4, 0.5) is 0 Å². The Balaban J connectivity index is 2.15. The van der Waals surface area contributed by atoms with E-state index in [0.29, 0.717) is 24.5 Å². The summed E-state index contributed by atoms with van der Waals surface area (Å²) in [6, 6.07) is 3.28. The van der Waals surface area contributed by atoms with E-state index in [0.717, 1.165) is 0 Å². The standard InChI is InChI=1S/C12H8Cl2N2O2S2Se/c1-21-12(15-10(17)8-6(13)2-4-19-8)16-11(18)9-7(14)3-5-20-9/h2-5H,1H3,(H,15,16,17,18). The second kappa shape index (κ2) is 7.54. The monoisotopic (exact) mass is 426 g/mol. The average molecular weight is 426 g/mol. The first kappa shape index (κ1) is 16.7. The zero-order valence-corrected chi connectivity index (χ0v) is 15.4. The van der Waals surface area contributed by atoms with E-state index in [1.54, 1.807) is 22.9 Å². The molecule has 110 valence electrons. The van der Waals surface area contributed by atoms with E-state index < -0.39 is 5.91 Å². The predicted molar refractivity (Wildman–Crippen MR) is 89.5 cm³/mol. The number of halogens is 2. The van der Waals surface area contributed by atoms with Crippen molar-refractivity contribution in [2.75, 3.05) is 0 Å². The van der Waals surface area contributed by atoms with Gasteiger partial charge in [-0.2, -0.15) is 0 Å². The van der Waals surface area contributed by atoms with Crippen molar-refractivity contribution in [2.24, 2.45) is 4.99 Å². The molecule has 0 aromatic carbocycles. The van der Waals surface area contributed by atoms with Crippen molar-refractivity contribution in [3.05, 3.63) is 42.7 Å². The normalized spacial score (nSPS) is 11.5. The Morgan fingerprint density at radius 1 is 1.14 bits per heavy atom. The van der Waals surface area contributed by atoms with Gasteiger partial charge in [0, 0.05) is 0 Å². The van der Waals surface area contributed by atoms with Crippen molar-refractivity contribution in [2.45, 2.75) is 5.82 Å². The third kappa shape index (κ3) is 4.16. The molecule has 9 heteroatoms. The summed E-state index contributed by atoms with van der Waals surface area (Å²) in [5.41, 5.74) is 0. The molecule has 0 saturated carbocycles. The van der Waals surface area contributed by atoms with Crippen LogP contribution in [-0.4, -0.2) is 31.5 Å². The van der Waals surface area contributed by atoms with Crippen LogP contribution in [0.25, 0.3) is 0 Å². The second-order valence-electron chi connectivity index (χ2n) is 3.58. The van der Waals surface area contributed by atoms with Crippen LogP contribution in [0.3, 0.4) is 0 Å². The van der Waals surface area contributed by atoms with Crippen molar-refractivity contribution in [3.8, 4) is 0 Å². The van der Waals surface area contributed by atoms with Crippen molar-refractivity contribution in [1.82, 2.24) is 5.32 Å². The van der Waals surface area contributed by atoms with Gasteiger partial charge in [-0.1, -0.05) is 0 Å². The molecular weight excluding hydrogens is 418 g/mol. The summed E-state index contributed by atoms with van der Waals surface area (Å²) in [7, 11) is 0. The van der Waals surface area contributed by atoms with Gasteiger partial charge in [-0.3, -0.25) is 0 Å². The molecular formula is C12H8Cl2N2O2S2Se. The Morgan fingerprint density at radius 2 is 1.71 bits per heavy atom. The third-order valence-electron chi connectivity index (χ3n) is 2.25. The molecule has 2 rings (SSSR count). The Hall–Kier alpha value is -0.691. The first-order valence-electron chi connectivity index (χ1n) is 5.47. The fourth-order valence-corrected chi connectivity index (χ4v) is 4.15. The molecule has 0 unspecified atom stereocenters. The number of aliphatic imine (C=N–C) groups is 1. The molecule has 0 atom stereocenters. The molecule has 0 fully saturated rings. The van der Waals surface area contributed by atoms with Gasteiger partial charge in [0.05, 0.1) is 0 Å². The molecule has 0 radical (unpaired) electrons. The number of amidine groups is 1. The molecule has 2 aromatic rings. The van der Waals surface area contributed by atoms with E-state index in [9.17, 15) is 9.59 Å². The topological polar surface area (TPSA) is 58.5 Å². The molecule has 2 heterocycles. The Kier molecular flexibility index (Phi) is 5.98. The SMILES string of the molecule is C[Se]C(=NC(=O)c1sccc1Cl)NC(=O)c1sccc1Cl. The van der Waals surface area contributed by atoms with E-state index in [1.807, 2.05) is 5.82 Å². The summed E-state index contributed by atoms with van der Waals surface area (Å²) >= 11 is 14.1. The van der Waals surface area contributed by atoms with Gasteiger partial charge in [0.2, 0.25) is 0 Å². The third-order valence-corrected chi connectivity index (χ3v) is 6.14. The molecule has 21 heavy (non-hydrogen) atoms. The van der Waals surface area contributed by atoms with Gasteiger partial charge in [-0.25, -0.2) is 0 Å². The number of nitrogens with one attached hydrogen (secondary N) is 1. The zero-order chi connectivity index (χ0) is 15.4. The van der Waals surface area contributed by atoms with E-state index in [4.69, 9.17) is 23.2 Å². The van der Waals surface area contributed by atoms with Gasteiger partial charge >= 0.3 is 146 Å². The number of amides is 2. The summed E-state index contributed by atoms with van der Waals surface area (Å²) in [4.78, 5) is 28.7. The number of nitrogens with zero attached hydrogens (tertiary/aromatic N) is 1. The summed E-state index contributed by atoms with van der Waals surface area (Å²) in [5.74, 6) is 1.04. The van der Waals surface area contributed by atoms with Gasteiger partial charge in [0.25, 0.3) is 0 Å². The van der Waals surface area contributed by atoms with E-state index in [-0.39, 0.29) is 20.9 Å². The van der Waals surface area contributed by atoms with Gasteiger partial charge in [-0.05, 0) is 0 Å². The quantitative estimate of drug-likeness (QED) is 0.461. The molecule has 2 aromatic heterocycles. The maximum absolute atomic E-state index is 12.0. The fourth-order valence-electron chi connectivity index (χ4n) is 1.32. The van der Waals surface area contributed by atoms with Gasteiger partial charge in [0.1, 0.15) is 0 Å². The molecule has 0 aliphatic heterocycles. The minimum atomic E-state index is -0.452. The van der Waals surface area contributed by atoms with Gasteiger partial charge < -0.3 is 0 Å². The number of carbonyl (C=O) groups excluding carboxylic acids is 2. The predicted octanol–water partition coefficient (Wildman–Crippen LogP) is 3.79. The fraction of sp³-hybridized carbons (Fsp3) is 0.0833. The van der Waals surface area contributed by atoms with Crippen LogP contribution in [-0.2, 0) is 0 Å². The Morgan fingerprint density at radius 3 is 2.19 bits per heavy atom. The van der Waals surface area contributed by atoms with Crippen LogP contribution < -0.4 is 5.32 Å². The van der Waals surface area contributed by atoms with Crippen LogP contribution in [0.15, 0.2) is 27.9 Å². The van der Waals surface area contributed by atoms with E-state index in [2.05, 4.69) is 10.3 Å². The van der Waals surface area contributed by atoms with Gasteiger partial charge in [0.15, 0.2) is 0 Å². The molecule has 0 bridgehead atoms. The Labute approximate surface area is 145 Å². The van der Waals surface area contributed by atoms with Crippen LogP contribution >= 0.6 is 45.9 Å². The van der Waals surface area contributed by atoms with Crippen molar-refractivity contribution < 1.29 is 9.59 Å². The van der Waals surface area contributed by atoms with Crippen molar-refractivity contribution in [1.29, 1.82) is 0 Å². The molecule has 0 saturated heterocycles. The first-order valence-corrected chi connectivity index (χ1v) is 10.6. The van der Waals surface area contributed by atoms with Crippen LogP contribution in [0, 0.1) is 0 Å². The molecule has 1 N–H and O–H groups in total. The number of hydrogen-bond acceptors (Lipinski definition) is 4. The van der Waals surface area contributed by atoms with Crippen molar-refractivity contribution >= 4 is 77.4 Å². The van der Waals surface area contributed by atoms with E-state index >= 15 is 0 Å². The second-order valence-corrected chi connectivity index (χ2v) is 7.89. The summed E-state index contributed by atoms with van der Waals surface area (Å²) in [6.07, 6.45) is 0. The number of thiophene rings is 2. The summed E-state index contributed by atoms with van der Waals surface area (Å²) < 4.78 is 0.339. The average Bonchev–Trinajstić information content (AvgIpc) is 3.06. The molecule has 4 nitrogen and oxygen atoms in total. The molecule has 0 aliphatic rings. The first-order chi connectivity index (χ1) is 10.0. The number of rotatable bonds is 3. The summed E-state index contributed by atoms with van der Waals surface area (Å²) in [5, 5.41) is 6.81. The zero-order valence-electron chi connectivity index (χ0n) is 10.6. The van der Waals surface area contributed by atoms with Crippen molar-refractivity contribution in [3.63, 3.8) is 0 Å². The van der Waals surface area contributed by atoms with Crippen LogP contribution in [0.2, 0.25) is 15.9 Å². The van der Waals surface area contributed by atoms with Crippen LogP contribution in [0.5, 0.6) is 0 Å². The molecule has 0 spiro atoms. The Bertz CT molecular complexity index is 712. The number of carbonyl (C=O) groups is 2. The maximum atomic E-state index is 12.0. The minimum absolute atomic E-state index is 0.154. The van der Waals surface area contributed by atoms with Gasteiger partial charge in [-0.15, -0.1) is 0 Å². The summed E-state index contributed by atoms with van der Waals surface area (Å²) in [6.45, 7) is 0.